The van der Waals surface area contributed by atoms with E-state index < -0.39 is 5.41 Å². The minimum Gasteiger partial charge on any atom is -0.480 e. The third kappa shape index (κ3) is 3.11. The smallest absolute Gasteiger partial charge is 0.235 e. The molecule has 1 spiro atoms. The third-order valence-corrected chi connectivity index (χ3v) is 5.32. The number of carbonyl (C=O) groups is 3. The molecule has 2 aliphatic heterocycles. The fourth-order valence-electron chi connectivity index (χ4n) is 3.84. The number of nitrogens with zero attached hydrogens (tertiary/aromatic N) is 3. The highest BCUT2D eigenvalue weighted by Crippen LogP contribution is 2.37. The number of amides is 3. The van der Waals surface area contributed by atoms with E-state index in [1.54, 1.807) is 4.90 Å². The van der Waals surface area contributed by atoms with Crippen molar-refractivity contribution in [1.29, 1.82) is 0 Å². The standard InChI is InChI=1S/C19H20N4O4/c1-27-17-14(20-12-4-2-3-5-13(12)21-17)6-7-16(25)23-9-8-19(11-23)10-15(24)22-18(19)26/h2-5H,6-11H2,1H3,(H,22,24,26). The summed E-state index contributed by atoms with van der Waals surface area (Å²) < 4.78 is 5.32. The number of rotatable bonds is 4. The summed E-state index contributed by atoms with van der Waals surface area (Å²) in [7, 11) is 1.53. The van der Waals surface area contributed by atoms with E-state index in [0.717, 1.165) is 11.0 Å². The van der Waals surface area contributed by atoms with Gasteiger partial charge in [-0.2, -0.15) is 0 Å². The summed E-state index contributed by atoms with van der Waals surface area (Å²) in [6.45, 7) is 0.782. The largest absolute Gasteiger partial charge is 0.480 e. The van der Waals surface area contributed by atoms with Crippen LogP contribution in [0, 0.1) is 5.41 Å². The normalized spacial score (nSPS) is 21.9. The first-order chi connectivity index (χ1) is 13.0. The Hall–Kier alpha value is -3.03. The summed E-state index contributed by atoms with van der Waals surface area (Å²) in [5.74, 6) is -0.161. The summed E-state index contributed by atoms with van der Waals surface area (Å²) >= 11 is 0. The van der Waals surface area contributed by atoms with Crippen molar-refractivity contribution in [2.75, 3.05) is 20.2 Å². The molecule has 8 nitrogen and oxygen atoms in total. The van der Waals surface area contributed by atoms with Crippen LogP contribution >= 0.6 is 0 Å². The van der Waals surface area contributed by atoms with Crippen LogP contribution in [-0.2, 0) is 20.8 Å². The maximum absolute atomic E-state index is 12.6. The Morgan fingerprint density at radius 3 is 2.67 bits per heavy atom. The number of aromatic nitrogens is 2. The van der Waals surface area contributed by atoms with Gasteiger partial charge in [0, 0.05) is 32.4 Å². The van der Waals surface area contributed by atoms with Crippen molar-refractivity contribution in [2.24, 2.45) is 5.41 Å². The SMILES string of the molecule is COc1nc2ccccc2nc1CCC(=O)N1CCC2(CC(=O)NC2=O)C1. The molecule has 0 aliphatic carbocycles. The molecule has 1 atom stereocenters. The van der Waals surface area contributed by atoms with E-state index in [4.69, 9.17) is 4.74 Å². The van der Waals surface area contributed by atoms with Crippen LogP contribution in [0.1, 0.15) is 25.0 Å². The molecule has 27 heavy (non-hydrogen) atoms. The number of likely N-dealkylation sites (tertiary alicyclic amines) is 1. The molecule has 140 valence electrons. The Bertz CT molecular complexity index is 944. The van der Waals surface area contributed by atoms with Gasteiger partial charge in [0.05, 0.1) is 23.6 Å². The quantitative estimate of drug-likeness (QED) is 0.803. The molecule has 1 N–H and O–H groups in total. The first-order valence-electron chi connectivity index (χ1n) is 8.92. The van der Waals surface area contributed by atoms with Gasteiger partial charge < -0.3 is 9.64 Å². The van der Waals surface area contributed by atoms with Crippen LogP contribution in [0.5, 0.6) is 5.88 Å². The van der Waals surface area contributed by atoms with Gasteiger partial charge in [0.25, 0.3) is 0 Å². The summed E-state index contributed by atoms with van der Waals surface area (Å²) in [6.07, 6.45) is 1.33. The van der Waals surface area contributed by atoms with Gasteiger partial charge in [0.15, 0.2) is 0 Å². The zero-order valence-corrected chi connectivity index (χ0v) is 15.0. The van der Waals surface area contributed by atoms with Gasteiger partial charge in [-0.25, -0.2) is 9.97 Å². The average Bonchev–Trinajstić information content (AvgIpc) is 3.22. The summed E-state index contributed by atoms with van der Waals surface area (Å²) in [5.41, 5.74) is 1.38. The van der Waals surface area contributed by atoms with Gasteiger partial charge in [-0.15, -0.1) is 0 Å². The number of nitrogens with one attached hydrogen (secondary N) is 1. The highest BCUT2D eigenvalue weighted by Gasteiger charge is 2.51. The van der Waals surface area contributed by atoms with Gasteiger partial charge in [0.2, 0.25) is 23.6 Å². The number of methoxy groups -OCH3 is 1. The van der Waals surface area contributed by atoms with Crippen molar-refractivity contribution in [2.45, 2.75) is 25.7 Å². The molecule has 1 aromatic carbocycles. The van der Waals surface area contributed by atoms with Crippen LogP contribution in [0.3, 0.4) is 0 Å². The molecule has 1 aromatic heterocycles. The minimum absolute atomic E-state index is 0.0592. The van der Waals surface area contributed by atoms with E-state index in [2.05, 4.69) is 15.3 Å². The van der Waals surface area contributed by atoms with Gasteiger partial charge in [-0.1, -0.05) is 12.1 Å². The molecule has 1 unspecified atom stereocenters. The van der Waals surface area contributed by atoms with E-state index in [0.29, 0.717) is 37.5 Å². The Kier molecular flexibility index (Phi) is 4.25. The fraction of sp³-hybridized carbons (Fsp3) is 0.421. The topological polar surface area (TPSA) is 101 Å². The number of carbonyl (C=O) groups excluding carboxylic acids is 3. The summed E-state index contributed by atoms with van der Waals surface area (Å²) in [5, 5.41) is 2.35. The molecule has 3 heterocycles. The molecule has 2 aromatic rings. The van der Waals surface area contributed by atoms with Crippen LogP contribution in [0.2, 0.25) is 0 Å². The van der Waals surface area contributed by atoms with Crippen LogP contribution < -0.4 is 10.1 Å². The summed E-state index contributed by atoms with van der Waals surface area (Å²) in [4.78, 5) is 46.9. The zero-order chi connectivity index (χ0) is 19.0. The van der Waals surface area contributed by atoms with Crippen LogP contribution in [0.4, 0.5) is 0 Å². The van der Waals surface area contributed by atoms with Crippen LogP contribution in [-0.4, -0.2) is 52.8 Å². The molecule has 2 saturated heterocycles. The number of aryl methyl sites for hydroxylation is 1. The average molecular weight is 368 g/mol. The van der Waals surface area contributed by atoms with Crippen molar-refractivity contribution in [1.82, 2.24) is 20.2 Å². The molecule has 3 amide bonds. The van der Waals surface area contributed by atoms with Gasteiger partial charge in [-0.3, -0.25) is 19.7 Å². The lowest BCUT2D eigenvalue weighted by molar-refractivity contribution is -0.131. The molecule has 0 bridgehead atoms. The second-order valence-corrected chi connectivity index (χ2v) is 7.07. The molecular weight excluding hydrogens is 348 g/mol. The van der Waals surface area contributed by atoms with E-state index in [-0.39, 0.29) is 30.6 Å². The molecule has 2 fully saturated rings. The number of hydrogen-bond donors (Lipinski definition) is 1. The maximum Gasteiger partial charge on any atom is 0.235 e. The van der Waals surface area contributed by atoms with Crippen molar-refractivity contribution < 1.29 is 19.1 Å². The second kappa shape index (κ2) is 6.61. The van der Waals surface area contributed by atoms with E-state index >= 15 is 0 Å². The highest BCUT2D eigenvalue weighted by atomic mass is 16.5. The Morgan fingerprint density at radius 1 is 1.26 bits per heavy atom. The number of fused-ring (bicyclic) bond motifs is 1. The number of para-hydroxylation sites is 2. The lowest BCUT2D eigenvalue weighted by Crippen LogP contribution is -2.36. The number of ether oxygens (including phenoxy) is 1. The van der Waals surface area contributed by atoms with Crippen molar-refractivity contribution >= 4 is 28.8 Å². The van der Waals surface area contributed by atoms with Crippen molar-refractivity contribution in [3.8, 4) is 5.88 Å². The van der Waals surface area contributed by atoms with Gasteiger partial charge >= 0.3 is 0 Å². The van der Waals surface area contributed by atoms with Crippen LogP contribution in [0.15, 0.2) is 24.3 Å². The number of hydrogen-bond acceptors (Lipinski definition) is 6. The number of imide groups is 1. The lowest BCUT2D eigenvalue weighted by Gasteiger charge is -2.20. The molecule has 0 radical (unpaired) electrons. The molecule has 2 aliphatic rings. The van der Waals surface area contributed by atoms with Crippen LogP contribution in [0.25, 0.3) is 11.0 Å². The van der Waals surface area contributed by atoms with E-state index in [1.165, 1.54) is 7.11 Å². The highest BCUT2D eigenvalue weighted by molar-refractivity contribution is 6.06. The van der Waals surface area contributed by atoms with Crippen molar-refractivity contribution in [3.63, 3.8) is 0 Å². The molecule has 0 saturated carbocycles. The maximum atomic E-state index is 12.6. The van der Waals surface area contributed by atoms with E-state index in [9.17, 15) is 14.4 Å². The second-order valence-electron chi connectivity index (χ2n) is 7.07. The Balaban J connectivity index is 1.45. The lowest BCUT2D eigenvalue weighted by atomic mass is 9.85. The monoisotopic (exact) mass is 368 g/mol. The summed E-state index contributed by atoms with van der Waals surface area (Å²) in [6, 6.07) is 7.49. The van der Waals surface area contributed by atoms with Gasteiger partial charge in [0.1, 0.15) is 5.69 Å². The third-order valence-electron chi connectivity index (χ3n) is 5.32. The Morgan fingerprint density at radius 2 is 2.00 bits per heavy atom. The predicted molar refractivity (Wildman–Crippen MR) is 95.8 cm³/mol. The molecular formula is C19H20N4O4. The fourth-order valence-corrected chi connectivity index (χ4v) is 3.84. The Labute approximate surface area is 155 Å². The zero-order valence-electron chi connectivity index (χ0n) is 15.0. The molecule has 8 heteroatoms. The van der Waals surface area contributed by atoms with E-state index in [1.807, 2.05) is 24.3 Å². The first kappa shape index (κ1) is 17.4. The first-order valence-corrected chi connectivity index (χ1v) is 8.92. The molecule has 4 rings (SSSR count). The van der Waals surface area contributed by atoms with Gasteiger partial charge in [-0.05, 0) is 18.6 Å². The van der Waals surface area contributed by atoms with Crippen molar-refractivity contribution in [3.05, 3.63) is 30.0 Å². The minimum atomic E-state index is -0.743. The predicted octanol–water partition coefficient (Wildman–Crippen LogP) is 0.836. The number of benzene rings is 1.